The van der Waals surface area contributed by atoms with E-state index >= 15 is 0 Å². The number of nitrogens with zero attached hydrogens (tertiary/aromatic N) is 5. The van der Waals surface area contributed by atoms with Gasteiger partial charge in [-0.1, -0.05) is 5.10 Å². The highest BCUT2D eigenvalue weighted by molar-refractivity contribution is 5.88. The number of carbonyl (C=O) groups excluding carboxylic acids is 1. The van der Waals surface area contributed by atoms with Crippen LogP contribution in [-0.2, 0) is 4.74 Å². The fourth-order valence-corrected chi connectivity index (χ4v) is 4.09. The molecular weight excluding hydrogens is 310 g/mol. The molecule has 24 heavy (non-hydrogen) atoms. The minimum absolute atomic E-state index is 0.187. The molecule has 4 saturated heterocycles. The van der Waals surface area contributed by atoms with Crippen LogP contribution in [0.2, 0.25) is 0 Å². The molecule has 8 heteroatoms. The summed E-state index contributed by atoms with van der Waals surface area (Å²) in [5, 5.41) is 8.06. The molecule has 0 radical (unpaired) electrons. The molecule has 2 aromatic rings. The summed E-state index contributed by atoms with van der Waals surface area (Å²) in [4.78, 5) is 20.3. The lowest BCUT2D eigenvalue weighted by molar-refractivity contribution is -0.0881. The molecule has 1 amide bonds. The second-order valence-corrected chi connectivity index (χ2v) is 6.70. The van der Waals surface area contributed by atoms with Crippen LogP contribution >= 0.6 is 0 Å². The molecule has 1 atom stereocenters. The Labute approximate surface area is 138 Å². The van der Waals surface area contributed by atoms with Crippen LogP contribution in [0, 0.1) is 5.92 Å². The third-order valence-corrected chi connectivity index (χ3v) is 5.31. The van der Waals surface area contributed by atoms with Gasteiger partial charge in [-0.2, -0.15) is 0 Å². The van der Waals surface area contributed by atoms with Crippen molar-refractivity contribution in [1.82, 2.24) is 20.1 Å². The lowest BCUT2D eigenvalue weighted by Gasteiger charge is -2.49. The predicted molar refractivity (Wildman–Crippen MR) is 83.3 cm³/mol. The number of carbonyl (C=O) groups is 1. The van der Waals surface area contributed by atoms with Gasteiger partial charge in [0.05, 0.1) is 12.1 Å². The van der Waals surface area contributed by atoms with Crippen LogP contribution in [0.3, 0.4) is 0 Å². The third-order valence-electron chi connectivity index (χ3n) is 5.31. The molecule has 6 rings (SSSR count). The van der Waals surface area contributed by atoms with E-state index in [-0.39, 0.29) is 6.01 Å². The topological polar surface area (TPSA) is 84.6 Å². The molecule has 6 heterocycles. The zero-order chi connectivity index (χ0) is 16.1. The van der Waals surface area contributed by atoms with Gasteiger partial charge in [-0.05, 0) is 38.1 Å². The van der Waals surface area contributed by atoms with E-state index < -0.39 is 11.7 Å². The van der Waals surface area contributed by atoms with E-state index in [0.717, 1.165) is 38.0 Å². The maximum Gasteiger partial charge on any atom is 0.418 e. The first kappa shape index (κ1) is 13.9. The molecule has 124 valence electrons. The lowest BCUT2D eigenvalue weighted by atomic mass is 9.75. The first-order valence-corrected chi connectivity index (χ1v) is 8.20. The van der Waals surface area contributed by atoms with Crippen molar-refractivity contribution in [3.05, 3.63) is 24.5 Å². The van der Waals surface area contributed by atoms with E-state index in [0.29, 0.717) is 18.4 Å². The average Bonchev–Trinajstić information content (AvgIpc) is 3.22. The van der Waals surface area contributed by atoms with Crippen LogP contribution in [0.4, 0.5) is 10.8 Å². The van der Waals surface area contributed by atoms with Gasteiger partial charge in [-0.25, -0.2) is 9.69 Å². The normalized spacial score (nSPS) is 31.7. The van der Waals surface area contributed by atoms with Crippen LogP contribution in [0.25, 0.3) is 11.5 Å². The van der Waals surface area contributed by atoms with E-state index in [2.05, 4.69) is 20.1 Å². The van der Waals surface area contributed by atoms with Crippen LogP contribution in [0.15, 0.2) is 28.9 Å². The Balaban J connectivity index is 1.42. The van der Waals surface area contributed by atoms with E-state index in [1.54, 1.807) is 18.5 Å². The van der Waals surface area contributed by atoms with Crippen molar-refractivity contribution in [2.45, 2.75) is 18.4 Å². The third kappa shape index (κ3) is 2.02. The van der Waals surface area contributed by atoms with Crippen molar-refractivity contribution in [1.29, 1.82) is 0 Å². The van der Waals surface area contributed by atoms with Crippen molar-refractivity contribution in [3.63, 3.8) is 0 Å². The summed E-state index contributed by atoms with van der Waals surface area (Å²) in [5.41, 5.74) is 0.289. The van der Waals surface area contributed by atoms with Gasteiger partial charge in [0.2, 0.25) is 0 Å². The summed E-state index contributed by atoms with van der Waals surface area (Å²) in [5.74, 6) is 0.762. The number of pyridine rings is 1. The van der Waals surface area contributed by atoms with E-state index in [4.69, 9.17) is 9.15 Å². The Morgan fingerprint density at radius 1 is 1.21 bits per heavy atom. The van der Waals surface area contributed by atoms with Gasteiger partial charge in [0.15, 0.2) is 0 Å². The fourth-order valence-electron chi connectivity index (χ4n) is 4.09. The van der Waals surface area contributed by atoms with Gasteiger partial charge >= 0.3 is 12.1 Å². The smallest absolute Gasteiger partial charge is 0.418 e. The molecule has 2 bridgehead atoms. The molecule has 0 saturated carbocycles. The second-order valence-electron chi connectivity index (χ2n) is 6.70. The van der Waals surface area contributed by atoms with Gasteiger partial charge in [0.1, 0.15) is 5.60 Å². The zero-order valence-corrected chi connectivity index (χ0v) is 13.1. The summed E-state index contributed by atoms with van der Waals surface area (Å²) in [6.07, 6.45) is 5.08. The van der Waals surface area contributed by atoms with Gasteiger partial charge < -0.3 is 9.15 Å². The second kappa shape index (κ2) is 5.01. The number of hydrogen-bond donors (Lipinski definition) is 0. The summed E-state index contributed by atoms with van der Waals surface area (Å²) < 4.78 is 11.5. The maximum atomic E-state index is 12.4. The molecule has 1 spiro atoms. The van der Waals surface area contributed by atoms with Crippen molar-refractivity contribution in [3.8, 4) is 11.5 Å². The Morgan fingerprint density at radius 3 is 2.79 bits per heavy atom. The Hall–Kier alpha value is -2.48. The monoisotopic (exact) mass is 327 g/mol. The summed E-state index contributed by atoms with van der Waals surface area (Å²) in [6, 6.07) is 3.82. The molecule has 2 aromatic heterocycles. The minimum atomic E-state index is -0.434. The highest BCUT2D eigenvalue weighted by Gasteiger charge is 2.56. The van der Waals surface area contributed by atoms with E-state index in [1.807, 2.05) is 6.07 Å². The first-order chi connectivity index (χ1) is 11.7. The number of piperidine rings is 3. The molecule has 0 N–H and O–H groups in total. The number of ether oxygens (including phenoxy) is 1. The molecule has 4 fully saturated rings. The summed E-state index contributed by atoms with van der Waals surface area (Å²) >= 11 is 0. The van der Waals surface area contributed by atoms with Crippen LogP contribution in [0.5, 0.6) is 0 Å². The summed E-state index contributed by atoms with van der Waals surface area (Å²) in [6.45, 7) is 3.45. The molecule has 8 nitrogen and oxygen atoms in total. The fraction of sp³-hybridized carbons (Fsp3) is 0.500. The SMILES string of the molecule is O=C1OC2(CN3CCC2CC3)CN1c1nnc(-c2cccnc2)o1. The summed E-state index contributed by atoms with van der Waals surface area (Å²) in [7, 11) is 0. The van der Waals surface area contributed by atoms with Crippen molar-refractivity contribution in [2.24, 2.45) is 5.92 Å². The highest BCUT2D eigenvalue weighted by Crippen LogP contribution is 2.43. The lowest BCUT2D eigenvalue weighted by Crippen LogP contribution is -2.61. The molecule has 0 aromatic carbocycles. The zero-order valence-electron chi connectivity index (χ0n) is 13.1. The molecule has 1 unspecified atom stereocenters. The Morgan fingerprint density at radius 2 is 2.08 bits per heavy atom. The molecule has 4 aliphatic heterocycles. The van der Waals surface area contributed by atoms with E-state index in [1.165, 1.54) is 4.90 Å². The van der Waals surface area contributed by atoms with Crippen molar-refractivity contribution in [2.75, 3.05) is 31.1 Å². The van der Waals surface area contributed by atoms with Crippen LogP contribution in [0.1, 0.15) is 12.8 Å². The standard InChI is InChI=1S/C16H17N5O3/c22-15-21(10-16(24-15)9-20-6-3-12(16)4-7-20)14-19-18-13(23-14)11-2-1-5-17-8-11/h1-2,5,8,12H,3-4,6-7,9-10H2. The quantitative estimate of drug-likeness (QED) is 0.827. The Kier molecular flexibility index (Phi) is 2.90. The number of amides is 1. The number of fused-ring (bicyclic) bond motifs is 2. The van der Waals surface area contributed by atoms with Gasteiger partial charge in [-0.3, -0.25) is 9.88 Å². The molecule has 4 aliphatic rings. The number of hydrogen-bond acceptors (Lipinski definition) is 7. The van der Waals surface area contributed by atoms with E-state index in [9.17, 15) is 4.79 Å². The average molecular weight is 327 g/mol. The number of anilines is 1. The molecular formula is C16H17N5O3. The maximum absolute atomic E-state index is 12.4. The number of rotatable bonds is 2. The van der Waals surface area contributed by atoms with Crippen molar-refractivity contribution < 1.29 is 13.9 Å². The van der Waals surface area contributed by atoms with Crippen molar-refractivity contribution >= 4 is 12.1 Å². The van der Waals surface area contributed by atoms with Crippen LogP contribution in [-0.4, -0.2) is 58.0 Å². The largest absolute Gasteiger partial charge is 0.439 e. The number of aromatic nitrogens is 3. The van der Waals surface area contributed by atoms with Gasteiger partial charge in [0, 0.05) is 24.9 Å². The molecule has 0 aliphatic carbocycles. The van der Waals surface area contributed by atoms with Gasteiger partial charge in [0.25, 0.3) is 5.89 Å². The minimum Gasteiger partial charge on any atom is -0.439 e. The van der Waals surface area contributed by atoms with Crippen LogP contribution < -0.4 is 4.90 Å². The Bertz CT molecular complexity index is 771. The highest BCUT2D eigenvalue weighted by atomic mass is 16.6. The van der Waals surface area contributed by atoms with Gasteiger partial charge in [-0.15, -0.1) is 5.10 Å². The first-order valence-electron chi connectivity index (χ1n) is 8.20. The predicted octanol–water partition coefficient (Wildman–Crippen LogP) is 1.55.